The van der Waals surface area contributed by atoms with E-state index in [1.165, 1.54) is 5.56 Å². The summed E-state index contributed by atoms with van der Waals surface area (Å²) in [4.78, 5) is 0. The normalized spacial score (nSPS) is 10.5. The molecule has 0 saturated carbocycles. The topological polar surface area (TPSA) is 39.1 Å². The number of aromatic nitrogens is 2. The van der Waals surface area contributed by atoms with Crippen molar-refractivity contribution in [1.82, 2.24) is 15.1 Å². The van der Waals surface area contributed by atoms with Crippen molar-refractivity contribution in [3.8, 4) is 11.5 Å². The molecule has 0 aliphatic rings. The van der Waals surface area contributed by atoms with Gasteiger partial charge in [0.15, 0.2) is 5.75 Å². The van der Waals surface area contributed by atoms with Crippen LogP contribution in [0.5, 0.6) is 11.5 Å². The average molecular weight is 231 g/mol. The van der Waals surface area contributed by atoms with Crippen molar-refractivity contribution in [2.75, 3.05) is 6.54 Å². The number of hydrogen-bond acceptors (Lipinski definition) is 3. The lowest BCUT2D eigenvalue weighted by Gasteiger charge is -2.06. The highest BCUT2D eigenvalue weighted by atomic mass is 16.5. The number of benzene rings is 1. The first kappa shape index (κ1) is 11.7. The quantitative estimate of drug-likeness (QED) is 0.858. The van der Waals surface area contributed by atoms with Gasteiger partial charge in [-0.2, -0.15) is 5.10 Å². The van der Waals surface area contributed by atoms with Gasteiger partial charge in [0.25, 0.3) is 0 Å². The largest absolute Gasteiger partial charge is 0.454 e. The molecule has 90 valence electrons. The molecule has 2 aromatic rings. The zero-order chi connectivity index (χ0) is 12.1. The third-order valence-electron chi connectivity index (χ3n) is 2.39. The summed E-state index contributed by atoms with van der Waals surface area (Å²) in [6.07, 6.45) is 3.55. The van der Waals surface area contributed by atoms with Gasteiger partial charge in [0.05, 0.1) is 12.4 Å². The van der Waals surface area contributed by atoms with Crippen LogP contribution in [0.4, 0.5) is 0 Å². The Bertz CT molecular complexity index is 479. The van der Waals surface area contributed by atoms with Gasteiger partial charge in [0.1, 0.15) is 5.75 Å². The van der Waals surface area contributed by atoms with Crippen LogP contribution in [-0.2, 0) is 13.6 Å². The second-order valence-electron chi connectivity index (χ2n) is 3.88. The minimum absolute atomic E-state index is 0.758. The molecule has 2 rings (SSSR count). The van der Waals surface area contributed by atoms with Gasteiger partial charge in [0, 0.05) is 13.6 Å². The number of aryl methyl sites for hydroxylation is 1. The summed E-state index contributed by atoms with van der Waals surface area (Å²) in [6, 6.07) is 8.06. The van der Waals surface area contributed by atoms with Crippen LogP contribution in [-0.4, -0.2) is 16.3 Å². The smallest absolute Gasteiger partial charge is 0.165 e. The molecule has 0 saturated heterocycles. The van der Waals surface area contributed by atoms with E-state index >= 15 is 0 Å². The summed E-state index contributed by atoms with van der Waals surface area (Å²) in [5.41, 5.74) is 1.22. The van der Waals surface area contributed by atoms with Crippen molar-refractivity contribution in [3.63, 3.8) is 0 Å². The Morgan fingerprint density at radius 1 is 1.35 bits per heavy atom. The molecule has 1 heterocycles. The lowest BCUT2D eigenvalue weighted by atomic mass is 10.2. The Morgan fingerprint density at radius 3 is 2.94 bits per heavy atom. The van der Waals surface area contributed by atoms with E-state index in [9.17, 15) is 0 Å². The molecule has 0 spiro atoms. The minimum atomic E-state index is 0.758. The van der Waals surface area contributed by atoms with E-state index in [4.69, 9.17) is 4.74 Å². The van der Waals surface area contributed by atoms with E-state index in [-0.39, 0.29) is 0 Å². The fourth-order valence-electron chi connectivity index (χ4n) is 1.58. The summed E-state index contributed by atoms with van der Waals surface area (Å²) < 4.78 is 7.43. The summed E-state index contributed by atoms with van der Waals surface area (Å²) in [7, 11) is 1.87. The van der Waals surface area contributed by atoms with Crippen LogP contribution >= 0.6 is 0 Å². The van der Waals surface area contributed by atoms with Crippen LogP contribution in [0.3, 0.4) is 0 Å². The zero-order valence-electron chi connectivity index (χ0n) is 10.2. The van der Waals surface area contributed by atoms with E-state index in [1.54, 1.807) is 10.9 Å². The maximum atomic E-state index is 5.71. The van der Waals surface area contributed by atoms with Crippen molar-refractivity contribution in [1.29, 1.82) is 0 Å². The number of ether oxygens (including phenoxy) is 1. The zero-order valence-corrected chi connectivity index (χ0v) is 10.2. The molecule has 1 N–H and O–H groups in total. The molecule has 17 heavy (non-hydrogen) atoms. The van der Waals surface area contributed by atoms with Crippen molar-refractivity contribution in [2.45, 2.75) is 13.5 Å². The standard InChI is InChI=1S/C13H17N3O/c1-3-14-8-11-5-4-6-12(7-11)17-13-9-15-16(2)10-13/h4-7,9-10,14H,3,8H2,1-2H3. The maximum absolute atomic E-state index is 5.71. The summed E-state index contributed by atoms with van der Waals surface area (Å²) in [5.74, 6) is 1.60. The molecule has 4 heteroatoms. The number of nitrogens with zero attached hydrogens (tertiary/aromatic N) is 2. The fourth-order valence-corrected chi connectivity index (χ4v) is 1.58. The summed E-state index contributed by atoms with van der Waals surface area (Å²) in [5, 5.41) is 7.35. The molecular formula is C13H17N3O. The molecule has 0 amide bonds. The Labute approximate surface area is 101 Å². The first-order valence-corrected chi connectivity index (χ1v) is 5.74. The van der Waals surface area contributed by atoms with Crippen LogP contribution < -0.4 is 10.1 Å². The Balaban J connectivity index is 2.05. The Morgan fingerprint density at radius 2 is 2.24 bits per heavy atom. The van der Waals surface area contributed by atoms with E-state index in [0.29, 0.717) is 0 Å². The molecule has 4 nitrogen and oxygen atoms in total. The predicted molar refractivity (Wildman–Crippen MR) is 67.1 cm³/mol. The molecule has 1 aromatic heterocycles. The lowest BCUT2D eigenvalue weighted by molar-refractivity contribution is 0.481. The number of rotatable bonds is 5. The Hall–Kier alpha value is -1.81. The van der Waals surface area contributed by atoms with Crippen LogP contribution in [0.15, 0.2) is 36.7 Å². The minimum Gasteiger partial charge on any atom is -0.454 e. The van der Waals surface area contributed by atoms with Gasteiger partial charge < -0.3 is 10.1 Å². The third kappa shape index (κ3) is 3.32. The average Bonchev–Trinajstić information content (AvgIpc) is 2.73. The van der Waals surface area contributed by atoms with Gasteiger partial charge >= 0.3 is 0 Å². The maximum Gasteiger partial charge on any atom is 0.165 e. The SMILES string of the molecule is CCNCc1cccc(Oc2cnn(C)c2)c1. The molecule has 0 fully saturated rings. The highest BCUT2D eigenvalue weighted by molar-refractivity contribution is 5.32. The van der Waals surface area contributed by atoms with Gasteiger partial charge in [0.2, 0.25) is 0 Å². The monoisotopic (exact) mass is 231 g/mol. The van der Waals surface area contributed by atoms with Crippen molar-refractivity contribution in [3.05, 3.63) is 42.2 Å². The van der Waals surface area contributed by atoms with E-state index in [2.05, 4.69) is 23.4 Å². The highest BCUT2D eigenvalue weighted by Crippen LogP contribution is 2.21. The van der Waals surface area contributed by atoms with Crippen LogP contribution in [0, 0.1) is 0 Å². The highest BCUT2D eigenvalue weighted by Gasteiger charge is 2.00. The number of hydrogen-bond donors (Lipinski definition) is 1. The van der Waals surface area contributed by atoms with Crippen LogP contribution in [0.2, 0.25) is 0 Å². The fraction of sp³-hybridized carbons (Fsp3) is 0.308. The van der Waals surface area contributed by atoms with Crippen molar-refractivity contribution < 1.29 is 4.74 Å². The van der Waals surface area contributed by atoms with E-state index in [1.807, 2.05) is 31.4 Å². The van der Waals surface area contributed by atoms with Gasteiger partial charge in [-0.05, 0) is 24.2 Å². The molecule has 1 aromatic carbocycles. The molecule has 0 unspecified atom stereocenters. The predicted octanol–water partition coefficient (Wildman–Crippen LogP) is 2.32. The molecule has 0 aliphatic carbocycles. The van der Waals surface area contributed by atoms with Crippen LogP contribution in [0.25, 0.3) is 0 Å². The van der Waals surface area contributed by atoms with Gasteiger partial charge in [-0.25, -0.2) is 0 Å². The second kappa shape index (κ2) is 5.50. The first-order chi connectivity index (χ1) is 8.28. The Kier molecular flexibility index (Phi) is 3.77. The molecule has 0 aliphatic heterocycles. The lowest BCUT2D eigenvalue weighted by Crippen LogP contribution is -2.11. The molecule has 0 atom stereocenters. The summed E-state index contributed by atoms with van der Waals surface area (Å²) in [6.45, 7) is 3.92. The van der Waals surface area contributed by atoms with E-state index in [0.717, 1.165) is 24.6 Å². The van der Waals surface area contributed by atoms with Crippen molar-refractivity contribution >= 4 is 0 Å². The van der Waals surface area contributed by atoms with Gasteiger partial charge in [-0.15, -0.1) is 0 Å². The third-order valence-corrected chi connectivity index (χ3v) is 2.39. The number of nitrogens with one attached hydrogen (secondary N) is 1. The van der Waals surface area contributed by atoms with Gasteiger partial charge in [-0.1, -0.05) is 19.1 Å². The summed E-state index contributed by atoms with van der Waals surface area (Å²) >= 11 is 0. The first-order valence-electron chi connectivity index (χ1n) is 5.74. The molecule has 0 radical (unpaired) electrons. The molecule has 0 bridgehead atoms. The van der Waals surface area contributed by atoms with Crippen molar-refractivity contribution in [2.24, 2.45) is 7.05 Å². The van der Waals surface area contributed by atoms with Gasteiger partial charge in [-0.3, -0.25) is 4.68 Å². The molecular weight excluding hydrogens is 214 g/mol. The van der Waals surface area contributed by atoms with E-state index < -0.39 is 0 Å². The van der Waals surface area contributed by atoms with Crippen LogP contribution in [0.1, 0.15) is 12.5 Å². The second-order valence-corrected chi connectivity index (χ2v) is 3.88.